The molecule has 1 aromatic carbocycles. The molecule has 0 unspecified atom stereocenters. The highest BCUT2D eigenvalue weighted by atomic mass is 16.5. The largest absolute Gasteiger partial charge is 0.490 e. The molecule has 0 aromatic heterocycles. The molecular weight excluding hydrogens is 242 g/mol. The molecule has 0 saturated heterocycles. The van der Waals surface area contributed by atoms with Crippen molar-refractivity contribution in [2.24, 2.45) is 0 Å². The topological polar surface area (TPSA) is 50.7 Å². The van der Waals surface area contributed by atoms with E-state index in [1.807, 2.05) is 32.2 Å². The van der Waals surface area contributed by atoms with Crippen LogP contribution < -0.4 is 14.8 Å². The SMILES string of the molecule is CCOc1cccc(CNC)c1OCCCCCO. The number of benzene rings is 1. The van der Waals surface area contributed by atoms with Crippen molar-refractivity contribution in [3.8, 4) is 11.5 Å². The van der Waals surface area contributed by atoms with Crippen molar-refractivity contribution in [1.82, 2.24) is 5.32 Å². The van der Waals surface area contributed by atoms with Crippen LogP contribution >= 0.6 is 0 Å². The fourth-order valence-electron chi connectivity index (χ4n) is 1.89. The Balaban J connectivity index is 2.64. The third-order valence-corrected chi connectivity index (χ3v) is 2.78. The molecule has 0 aliphatic rings. The summed E-state index contributed by atoms with van der Waals surface area (Å²) in [5.41, 5.74) is 1.11. The van der Waals surface area contributed by atoms with Gasteiger partial charge < -0.3 is 19.9 Å². The number of hydrogen-bond acceptors (Lipinski definition) is 4. The summed E-state index contributed by atoms with van der Waals surface area (Å²) in [7, 11) is 1.92. The van der Waals surface area contributed by atoms with E-state index in [1.54, 1.807) is 0 Å². The summed E-state index contributed by atoms with van der Waals surface area (Å²) in [6.45, 7) is 4.26. The van der Waals surface area contributed by atoms with Crippen molar-refractivity contribution < 1.29 is 14.6 Å². The molecule has 1 rings (SSSR count). The predicted molar refractivity (Wildman–Crippen MR) is 76.8 cm³/mol. The van der Waals surface area contributed by atoms with Crippen LogP contribution in [0.1, 0.15) is 31.7 Å². The normalized spacial score (nSPS) is 10.5. The summed E-state index contributed by atoms with van der Waals surface area (Å²) < 4.78 is 11.5. The van der Waals surface area contributed by atoms with Gasteiger partial charge in [-0.3, -0.25) is 0 Å². The fraction of sp³-hybridized carbons (Fsp3) is 0.600. The van der Waals surface area contributed by atoms with E-state index in [0.717, 1.165) is 42.9 Å². The average molecular weight is 267 g/mol. The van der Waals surface area contributed by atoms with Gasteiger partial charge in [0, 0.05) is 18.7 Å². The number of para-hydroxylation sites is 1. The molecule has 0 heterocycles. The van der Waals surface area contributed by atoms with Crippen molar-refractivity contribution in [1.29, 1.82) is 0 Å². The number of ether oxygens (including phenoxy) is 2. The Morgan fingerprint density at radius 2 is 2.00 bits per heavy atom. The number of aliphatic hydroxyl groups excluding tert-OH is 1. The number of nitrogens with one attached hydrogen (secondary N) is 1. The van der Waals surface area contributed by atoms with E-state index in [9.17, 15) is 0 Å². The maximum atomic E-state index is 8.74. The smallest absolute Gasteiger partial charge is 0.165 e. The number of rotatable bonds is 10. The number of hydrogen-bond donors (Lipinski definition) is 2. The van der Waals surface area contributed by atoms with Crippen molar-refractivity contribution in [3.63, 3.8) is 0 Å². The summed E-state index contributed by atoms with van der Waals surface area (Å²) >= 11 is 0. The minimum absolute atomic E-state index is 0.251. The second-order valence-electron chi connectivity index (χ2n) is 4.34. The molecular formula is C15H25NO3. The van der Waals surface area contributed by atoms with Crippen LogP contribution in [0, 0.1) is 0 Å². The molecule has 4 nitrogen and oxygen atoms in total. The van der Waals surface area contributed by atoms with Gasteiger partial charge in [-0.15, -0.1) is 0 Å². The van der Waals surface area contributed by atoms with Crippen molar-refractivity contribution in [2.75, 3.05) is 26.9 Å². The number of aliphatic hydroxyl groups is 1. The highest BCUT2D eigenvalue weighted by molar-refractivity contribution is 5.46. The zero-order valence-corrected chi connectivity index (χ0v) is 11.9. The van der Waals surface area contributed by atoms with Crippen LogP contribution in [0.3, 0.4) is 0 Å². The summed E-state index contributed by atoms with van der Waals surface area (Å²) in [4.78, 5) is 0. The lowest BCUT2D eigenvalue weighted by atomic mass is 10.2. The van der Waals surface area contributed by atoms with Crippen LogP contribution in [-0.2, 0) is 6.54 Å². The summed E-state index contributed by atoms with van der Waals surface area (Å²) in [5, 5.41) is 11.9. The third-order valence-electron chi connectivity index (χ3n) is 2.78. The van der Waals surface area contributed by atoms with Gasteiger partial charge in [-0.1, -0.05) is 12.1 Å². The van der Waals surface area contributed by atoms with E-state index in [2.05, 4.69) is 5.32 Å². The van der Waals surface area contributed by atoms with E-state index < -0.39 is 0 Å². The summed E-state index contributed by atoms with van der Waals surface area (Å²) in [6.07, 6.45) is 2.76. The first-order chi connectivity index (χ1) is 9.33. The molecule has 4 heteroatoms. The molecule has 0 saturated carbocycles. The molecule has 0 atom stereocenters. The molecule has 0 fully saturated rings. The highest BCUT2D eigenvalue weighted by Crippen LogP contribution is 2.31. The van der Waals surface area contributed by atoms with Gasteiger partial charge in [-0.05, 0) is 39.3 Å². The van der Waals surface area contributed by atoms with Gasteiger partial charge in [0.15, 0.2) is 11.5 Å². The van der Waals surface area contributed by atoms with Gasteiger partial charge in [0.25, 0.3) is 0 Å². The quantitative estimate of drug-likeness (QED) is 0.639. The van der Waals surface area contributed by atoms with E-state index in [-0.39, 0.29) is 6.61 Å². The molecule has 1 aromatic rings. The van der Waals surface area contributed by atoms with Crippen molar-refractivity contribution in [2.45, 2.75) is 32.7 Å². The Hall–Kier alpha value is -1.26. The molecule has 19 heavy (non-hydrogen) atoms. The monoisotopic (exact) mass is 267 g/mol. The van der Waals surface area contributed by atoms with Crippen LogP contribution in [0.2, 0.25) is 0 Å². The zero-order valence-electron chi connectivity index (χ0n) is 11.9. The standard InChI is InChI=1S/C15H25NO3/c1-3-18-14-9-7-8-13(12-16-2)15(14)19-11-6-4-5-10-17/h7-9,16-17H,3-6,10-12H2,1-2H3. The van der Waals surface area contributed by atoms with Crippen LogP contribution in [0.15, 0.2) is 18.2 Å². The van der Waals surface area contributed by atoms with Gasteiger partial charge in [0.1, 0.15) is 0 Å². The molecule has 0 radical (unpaired) electrons. The second kappa shape index (κ2) is 9.64. The first kappa shape index (κ1) is 15.8. The number of unbranched alkanes of at least 4 members (excludes halogenated alkanes) is 2. The van der Waals surface area contributed by atoms with E-state index >= 15 is 0 Å². The highest BCUT2D eigenvalue weighted by Gasteiger charge is 2.10. The molecule has 2 N–H and O–H groups in total. The minimum atomic E-state index is 0.251. The van der Waals surface area contributed by atoms with Gasteiger partial charge in [-0.2, -0.15) is 0 Å². The van der Waals surface area contributed by atoms with Gasteiger partial charge in [-0.25, -0.2) is 0 Å². The molecule has 0 spiro atoms. The molecule has 0 aliphatic carbocycles. The Bertz CT molecular complexity index is 331. The first-order valence-corrected chi connectivity index (χ1v) is 6.96. The molecule has 0 bridgehead atoms. The summed E-state index contributed by atoms with van der Waals surface area (Å²) in [6, 6.07) is 5.96. The Morgan fingerprint density at radius 3 is 2.68 bits per heavy atom. The molecule has 0 amide bonds. The van der Waals surface area contributed by atoms with E-state index in [0.29, 0.717) is 13.2 Å². The van der Waals surface area contributed by atoms with Gasteiger partial charge in [0.05, 0.1) is 13.2 Å². The predicted octanol–water partition coefficient (Wildman–Crippen LogP) is 2.35. The third kappa shape index (κ3) is 5.49. The van der Waals surface area contributed by atoms with Crippen LogP contribution in [0.4, 0.5) is 0 Å². The molecule has 108 valence electrons. The van der Waals surface area contributed by atoms with Crippen LogP contribution in [0.25, 0.3) is 0 Å². The van der Waals surface area contributed by atoms with Crippen molar-refractivity contribution >= 4 is 0 Å². The minimum Gasteiger partial charge on any atom is -0.490 e. The van der Waals surface area contributed by atoms with Gasteiger partial charge in [0.2, 0.25) is 0 Å². The fourth-order valence-corrected chi connectivity index (χ4v) is 1.89. The Morgan fingerprint density at radius 1 is 1.16 bits per heavy atom. The van der Waals surface area contributed by atoms with Gasteiger partial charge >= 0.3 is 0 Å². The maximum Gasteiger partial charge on any atom is 0.165 e. The second-order valence-corrected chi connectivity index (χ2v) is 4.34. The lowest BCUT2D eigenvalue weighted by Crippen LogP contribution is -2.09. The van der Waals surface area contributed by atoms with Crippen molar-refractivity contribution in [3.05, 3.63) is 23.8 Å². The lowest BCUT2D eigenvalue weighted by Gasteiger charge is -2.15. The summed E-state index contributed by atoms with van der Waals surface area (Å²) in [5.74, 6) is 1.64. The lowest BCUT2D eigenvalue weighted by molar-refractivity contribution is 0.253. The van der Waals surface area contributed by atoms with E-state index in [1.165, 1.54) is 0 Å². The zero-order chi connectivity index (χ0) is 13.9. The van der Waals surface area contributed by atoms with Crippen LogP contribution in [-0.4, -0.2) is 32.0 Å². The average Bonchev–Trinajstić information content (AvgIpc) is 2.41. The maximum absolute atomic E-state index is 8.74. The Labute approximate surface area is 115 Å². The first-order valence-electron chi connectivity index (χ1n) is 6.96. The Kier molecular flexibility index (Phi) is 8.02. The van der Waals surface area contributed by atoms with E-state index in [4.69, 9.17) is 14.6 Å². The van der Waals surface area contributed by atoms with Crippen LogP contribution in [0.5, 0.6) is 11.5 Å². The molecule has 0 aliphatic heterocycles.